The fraction of sp³-hybridized carbons (Fsp3) is 0.417. The van der Waals surface area contributed by atoms with E-state index in [9.17, 15) is 4.79 Å². The molecular formula is C12H16ClNO2S. The number of thioether (sulfide) groups is 1. The molecule has 0 fully saturated rings. The second-order valence-electron chi connectivity index (χ2n) is 3.55. The van der Waals surface area contributed by atoms with E-state index in [1.165, 1.54) is 11.8 Å². The summed E-state index contributed by atoms with van der Waals surface area (Å²) in [7, 11) is 0. The SMILES string of the molecule is CCCCOC(=O)CSc1ccc(N)cc1Cl. The van der Waals surface area contributed by atoms with Crippen LogP contribution in [0.2, 0.25) is 5.02 Å². The average Bonchev–Trinajstić information content (AvgIpc) is 2.28. The van der Waals surface area contributed by atoms with Gasteiger partial charge in [-0.1, -0.05) is 24.9 Å². The molecule has 1 rings (SSSR count). The fourth-order valence-corrected chi connectivity index (χ4v) is 2.21. The Hall–Kier alpha value is -0.870. The van der Waals surface area contributed by atoms with Crippen LogP contribution in [0, 0.1) is 0 Å². The number of nitrogen functional groups attached to an aromatic ring is 1. The van der Waals surface area contributed by atoms with Gasteiger partial charge in [-0.15, -0.1) is 11.8 Å². The number of rotatable bonds is 6. The Balaban J connectivity index is 2.37. The Kier molecular flexibility index (Phi) is 6.22. The highest BCUT2D eigenvalue weighted by molar-refractivity contribution is 8.00. The van der Waals surface area contributed by atoms with Crippen LogP contribution in [0.25, 0.3) is 0 Å². The molecule has 0 spiro atoms. The Morgan fingerprint density at radius 3 is 2.94 bits per heavy atom. The third kappa shape index (κ3) is 5.33. The first kappa shape index (κ1) is 14.2. The summed E-state index contributed by atoms with van der Waals surface area (Å²) in [5.41, 5.74) is 6.19. The van der Waals surface area contributed by atoms with E-state index in [4.69, 9.17) is 22.1 Å². The maximum atomic E-state index is 11.4. The van der Waals surface area contributed by atoms with Crippen molar-refractivity contribution in [2.45, 2.75) is 24.7 Å². The lowest BCUT2D eigenvalue weighted by Crippen LogP contribution is -2.08. The van der Waals surface area contributed by atoms with Crippen LogP contribution in [0.5, 0.6) is 0 Å². The van der Waals surface area contributed by atoms with Crippen molar-refractivity contribution in [2.24, 2.45) is 0 Å². The molecule has 1 aromatic rings. The number of hydrogen-bond acceptors (Lipinski definition) is 4. The molecule has 0 saturated heterocycles. The van der Waals surface area contributed by atoms with Crippen LogP contribution in [0.15, 0.2) is 23.1 Å². The van der Waals surface area contributed by atoms with Crippen molar-refractivity contribution in [1.82, 2.24) is 0 Å². The van der Waals surface area contributed by atoms with Gasteiger partial charge < -0.3 is 10.5 Å². The molecule has 0 saturated carbocycles. The van der Waals surface area contributed by atoms with Crippen molar-refractivity contribution >= 4 is 35.0 Å². The molecule has 3 nitrogen and oxygen atoms in total. The Morgan fingerprint density at radius 1 is 1.53 bits per heavy atom. The van der Waals surface area contributed by atoms with E-state index in [1.807, 2.05) is 6.07 Å². The number of esters is 1. The van der Waals surface area contributed by atoms with E-state index in [1.54, 1.807) is 12.1 Å². The lowest BCUT2D eigenvalue weighted by Gasteiger charge is -2.05. The molecule has 0 aliphatic carbocycles. The zero-order valence-corrected chi connectivity index (χ0v) is 11.3. The van der Waals surface area contributed by atoms with Crippen molar-refractivity contribution in [1.29, 1.82) is 0 Å². The van der Waals surface area contributed by atoms with Gasteiger partial charge in [0, 0.05) is 10.6 Å². The van der Waals surface area contributed by atoms with Gasteiger partial charge in [-0.2, -0.15) is 0 Å². The van der Waals surface area contributed by atoms with Crippen molar-refractivity contribution in [2.75, 3.05) is 18.1 Å². The van der Waals surface area contributed by atoms with Crippen molar-refractivity contribution in [3.8, 4) is 0 Å². The predicted octanol–water partition coefficient (Wildman–Crippen LogP) is 3.36. The molecule has 0 bridgehead atoms. The van der Waals surface area contributed by atoms with Gasteiger partial charge in [-0.3, -0.25) is 4.79 Å². The Labute approximate surface area is 111 Å². The van der Waals surface area contributed by atoms with E-state index in [-0.39, 0.29) is 11.7 Å². The molecule has 0 unspecified atom stereocenters. The zero-order chi connectivity index (χ0) is 12.7. The van der Waals surface area contributed by atoms with Crippen LogP contribution in [0.3, 0.4) is 0 Å². The Morgan fingerprint density at radius 2 is 2.29 bits per heavy atom. The van der Waals surface area contributed by atoms with Gasteiger partial charge in [0.05, 0.1) is 17.4 Å². The summed E-state index contributed by atoms with van der Waals surface area (Å²) < 4.78 is 5.04. The van der Waals surface area contributed by atoms with E-state index >= 15 is 0 Å². The maximum Gasteiger partial charge on any atom is 0.316 e. The smallest absolute Gasteiger partial charge is 0.316 e. The second-order valence-corrected chi connectivity index (χ2v) is 4.98. The van der Waals surface area contributed by atoms with Gasteiger partial charge in [0.15, 0.2) is 0 Å². The van der Waals surface area contributed by atoms with E-state index < -0.39 is 0 Å². The number of unbranched alkanes of at least 4 members (excludes halogenated alkanes) is 1. The summed E-state index contributed by atoms with van der Waals surface area (Å²) in [5.74, 6) is 0.0595. The van der Waals surface area contributed by atoms with Gasteiger partial charge in [0.25, 0.3) is 0 Å². The number of nitrogens with two attached hydrogens (primary N) is 1. The molecule has 0 heterocycles. The number of hydrogen-bond donors (Lipinski definition) is 1. The number of halogens is 1. The van der Waals surface area contributed by atoms with Crippen LogP contribution in [0.4, 0.5) is 5.69 Å². The molecule has 2 N–H and O–H groups in total. The molecule has 0 aliphatic heterocycles. The first-order valence-electron chi connectivity index (χ1n) is 5.47. The summed E-state index contributed by atoms with van der Waals surface area (Å²) in [6, 6.07) is 5.24. The molecule has 17 heavy (non-hydrogen) atoms. The van der Waals surface area contributed by atoms with E-state index in [2.05, 4.69) is 6.92 Å². The lowest BCUT2D eigenvalue weighted by molar-refractivity contribution is -0.140. The molecule has 0 aliphatic rings. The second kappa shape index (κ2) is 7.45. The molecule has 0 atom stereocenters. The largest absolute Gasteiger partial charge is 0.465 e. The summed E-state index contributed by atoms with van der Waals surface area (Å²) in [6.45, 7) is 2.54. The van der Waals surface area contributed by atoms with Crippen LogP contribution in [-0.2, 0) is 9.53 Å². The molecule has 0 amide bonds. The third-order valence-corrected chi connectivity index (χ3v) is 3.53. The van der Waals surface area contributed by atoms with Gasteiger partial charge >= 0.3 is 5.97 Å². The maximum absolute atomic E-state index is 11.4. The molecular weight excluding hydrogens is 258 g/mol. The summed E-state index contributed by atoms with van der Waals surface area (Å²) in [5, 5.41) is 0.566. The number of carbonyl (C=O) groups is 1. The minimum Gasteiger partial charge on any atom is -0.465 e. The predicted molar refractivity (Wildman–Crippen MR) is 72.5 cm³/mol. The minimum absolute atomic E-state index is 0.212. The van der Waals surface area contributed by atoms with E-state index in [0.717, 1.165) is 17.7 Å². The van der Waals surface area contributed by atoms with Crippen molar-refractivity contribution in [3.05, 3.63) is 23.2 Å². The van der Waals surface area contributed by atoms with Gasteiger partial charge in [0.2, 0.25) is 0 Å². The van der Waals surface area contributed by atoms with Crippen LogP contribution in [0.1, 0.15) is 19.8 Å². The molecule has 1 aromatic carbocycles. The summed E-state index contributed by atoms with van der Waals surface area (Å²) in [4.78, 5) is 12.2. The Bertz CT molecular complexity index is 385. The standard InChI is InChI=1S/C12H16ClNO2S/c1-2-3-6-16-12(15)8-17-11-5-4-9(14)7-10(11)13/h4-5,7H,2-3,6,8,14H2,1H3. The minimum atomic E-state index is -0.212. The fourth-order valence-electron chi connectivity index (χ4n) is 1.14. The third-order valence-electron chi connectivity index (χ3n) is 2.06. The highest BCUT2D eigenvalue weighted by atomic mass is 35.5. The quantitative estimate of drug-likeness (QED) is 0.374. The average molecular weight is 274 g/mol. The monoisotopic (exact) mass is 273 g/mol. The first-order chi connectivity index (χ1) is 8.13. The van der Waals surface area contributed by atoms with Gasteiger partial charge in [-0.05, 0) is 24.6 Å². The molecule has 94 valence electrons. The highest BCUT2D eigenvalue weighted by Crippen LogP contribution is 2.28. The van der Waals surface area contributed by atoms with Crippen LogP contribution < -0.4 is 5.73 Å². The van der Waals surface area contributed by atoms with Crippen molar-refractivity contribution < 1.29 is 9.53 Å². The highest BCUT2D eigenvalue weighted by Gasteiger charge is 2.06. The van der Waals surface area contributed by atoms with Gasteiger partial charge in [-0.25, -0.2) is 0 Å². The number of anilines is 1. The lowest BCUT2D eigenvalue weighted by atomic mass is 10.3. The molecule has 5 heteroatoms. The van der Waals surface area contributed by atoms with Crippen LogP contribution in [-0.4, -0.2) is 18.3 Å². The molecule has 0 aromatic heterocycles. The first-order valence-corrected chi connectivity index (χ1v) is 6.83. The van der Waals surface area contributed by atoms with Gasteiger partial charge in [0.1, 0.15) is 0 Å². The van der Waals surface area contributed by atoms with Crippen LogP contribution >= 0.6 is 23.4 Å². The molecule has 0 radical (unpaired) electrons. The zero-order valence-electron chi connectivity index (χ0n) is 9.74. The number of benzene rings is 1. The number of carbonyl (C=O) groups excluding carboxylic acids is 1. The van der Waals surface area contributed by atoms with E-state index in [0.29, 0.717) is 17.3 Å². The number of ether oxygens (including phenoxy) is 1. The summed E-state index contributed by atoms with van der Waals surface area (Å²) >= 11 is 7.35. The van der Waals surface area contributed by atoms with Crippen molar-refractivity contribution in [3.63, 3.8) is 0 Å². The normalized spacial score (nSPS) is 10.2. The summed E-state index contributed by atoms with van der Waals surface area (Å²) in [6.07, 6.45) is 1.92. The topological polar surface area (TPSA) is 52.3 Å².